The maximum absolute atomic E-state index is 13.2. The highest BCUT2D eigenvalue weighted by molar-refractivity contribution is 8.00. The first-order valence-electron chi connectivity index (χ1n) is 10.5. The number of β-lactam (4-membered cyclic amide) rings is 1. The van der Waals surface area contributed by atoms with Crippen LogP contribution < -0.4 is 20.3 Å². The molecular formula is C21H19ClN6O6S3. The maximum Gasteiger partial charge on any atom is 0.276 e. The molecule has 2 aromatic heterocycles. The lowest BCUT2D eigenvalue weighted by molar-refractivity contribution is -0.689. The minimum absolute atomic E-state index is 0.0351. The van der Waals surface area contributed by atoms with Crippen molar-refractivity contribution < 1.29 is 33.7 Å². The molecule has 194 valence electrons. The number of aliphatic carboxylic acids is 1. The fraction of sp³-hybridized carbons (Fsp3) is 0.286. The molecule has 0 saturated carbocycles. The van der Waals surface area contributed by atoms with Gasteiger partial charge in [0.2, 0.25) is 6.41 Å². The highest BCUT2D eigenvalue weighted by Crippen LogP contribution is 2.40. The number of carboxylic acid groups (broad SMARTS) is 1. The molecule has 16 heteroatoms. The van der Waals surface area contributed by atoms with Crippen molar-refractivity contribution in [3.63, 3.8) is 0 Å². The van der Waals surface area contributed by atoms with Gasteiger partial charge in [0, 0.05) is 23.5 Å². The number of anilines is 1. The Morgan fingerprint density at radius 2 is 2.16 bits per heavy atom. The van der Waals surface area contributed by atoms with Gasteiger partial charge in [-0.1, -0.05) is 34.2 Å². The zero-order valence-corrected chi connectivity index (χ0v) is 22.3. The summed E-state index contributed by atoms with van der Waals surface area (Å²) < 4.78 is 1.87. The van der Waals surface area contributed by atoms with Crippen LogP contribution >= 0.6 is 46.5 Å². The fourth-order valence-corrected chi connectivity index (χ4v) is 6.16. The van der Waals surface area contributed by atoms with E-state index in [1.165, 1.54) is 23.5 Å². The van der Waals surface area contributed by atoms with Gasteiger partial charge >= 0.3 is 0 Å². The number of nitrogens with zero attached hydrogens (tertiary/aromatic N) is 4. The Balaban J connectivity index is 1.55. The summed E-state index contributed by atoms with van der Waals surface area (Å²) in [5.74, 6) is -2.41. The number of halogens is 1. The maximum atomic E-state index is 13.2. The van der Waals surface area contributed by atoms with Gasteiger partial charge in [-0.2, -0.15) is 0 Å². The summed E-state index contributed by atoms with van der Waals surface area (Å²) in [6.45, 7) is 0.272. The van der Waals surface area contributed by atoms with Crippen molar-refractivity contribution in [1.82, 2.24) is 15.2 Å². The molecule has 0 bridgehead atoms. The molecule has 1 unspecified atom stereocenters. The van der Waals surface area contributed by atoms with Crippen molar-refractivity contribution in [2.45, 2.75) is 18.0 Å². The number of carbonyl (C=O) groups excluding carboxylic acids is 4. The smallest absolute Gasteiger partial charge is 0.276 e. The van der Waals surface area contributed by atoms with E-state index in [0.717, 1.165) is 16.2 Å². The van der Waals surface area contributed by atoms with Crippen LogP contribution in [0.15, 0.2) is 47.0 Å². The van der Waals surface area contributed by atoms with Crippen LogP contribution in [0.3, 0.4) is 0 Å². The number of hydrogen-bond acceptors (Lipinski definition) is 11. The topological polar surface area (TPSA) is 157 Å². The lowest BCUT2D eigenvalue weighted by Crippen LogP contribution is -2.71. The van der Waals surface area contributed by atoms with Gasteiger partial charge in [0.1, 0.15) is 21.4 Å². The lowest BCUT2D eigenvalue weighted by atomic mass is 10.0. The zero-order chi connectivity index (χ0) is 26.5. The van der Waals surface area contributed by atoms with Crippen molar-refractivity contribution in [2.24, 2.45) is 5.16 Å². The summed E-state index contributed by atoms with van der Waals surface area (Å²) in [6.07, 6.45) is 5.76. The Morgan fingerprint density at radius 3 is 2.84 bits per heavy atom. The molecule has 4 rings (SSSR count). The van der Waals surface area contributed by atoms with E-state index >= 15 is 0 Å². The van der Waals surface area contributed by atoms with Crippen molar-refractivity contribution in [1.29, 1.82) is 0 Å². The molecule has 0 aromatic carbocycles. The molecule has 0 spiro atoms. The highest BCUT2D eigenvalue weighted by Gasteiger charge is 2.53. The van der Waals surface area contributed by atoms with E-state index in [4.69, 9.17) is 16.4 Å². The van der Waals surface area contributed by atoms with Gasteiger partial charge < -0.3 is 25.4 Å². The number of rotatable bonds is 11. The Labute approximate surface area is 228 Å². The molecule has 1 fully saturated rings. The van der Waals surface area contributed by atoms with Crippen molar-refractivity contribution in [3.8, 4) is 0 Å². The third-order valence-corrected chi connectivity index (χ3v) is 8.08. The van der Waals surface area contributed by atoms with Crippen molar-refractivity contribution in [3.05, 3.63) is 51.9 Å². The van der Waals surface area contributed by atoms with Crippen molar-refractivity contribution in [2.75, 3.05) is 23.3 Å². The largest absolute Gasteiger partial charge is 0.543 e. The average Bonchev–Trinajstić information content (AvgIpc) is 3.24. The summed E-state index contributed by atoms with van der Waals surface area (Å²) in [7, 11) is 0. The normalized spacial score (nSPS) is 19.1. The first kappa shape index (κ1) is 26.9. The predicted octanol–water partition coefficient (Wildman–Crippen LogP) is -0.202. The first-order chi connectivity index (χ1) is 17.8. The summed E-state index contributed by atoms with van der Waals surface area (Å²) in [5, 5.41) is 20.3. The Hall–Kier alpha value is -3.14. The summed E-state index contributed by atoms with van der Waals surface area (Å²) >= 11 is 9.76. The molecule has 4 heterocycles. The third-order valence-electron chi connectivity index (χ3n) is 5.21. The molecule has 2 aliphatic rings. The number of oxime groups is 1. The molecule has 0 radical (unpaired) electrons. The highest BCUT2D eigenvalue weighted by atomic mass is 35.5. The van der Waals surface area contributed by atoms with Crippen molar-refractivity contribution >= 4 is 81.5 Å². The van der Waals surface area contributed by atoms with E-state index in [9.17, 15) is 24.3 Å². The quantitative estimate of drug-likeness (QED) is 0.0696. The van der Waals surface area contributed by atoms with Gasteiger partial charge in [0.25, 0.3) is 11.8 Å². The van der Waals surface area contributed by atoms with Crippen LogP contribution in [-0.4, -0.2) is 69.2 Å². The van der Waals surface area contributed by atoms with E-state index in [1.54, 1.807) is 23.2 Å². The van der Waals surface area contributed by atoms with E-state index in [1.807, 2.05) is 18.2 Å². The molecule has 2 aliphatic heterocycles. The second-order valence-electron chi connectivity index (χ2n) is 7.53. The minimum atomic E-state index is -1.47. The summed E-state index contributed by atoms with van der Waals surface area (Å²) in [5.41, 5.74) is -0.00198. The molecule has 37 heavy (non-hydrogen) atoms. The standard InChI is InChI=1S/C21H19ClN6O6S3/c1-35-10-34-26-13(12-16(22)37-21(25-12)23-9-29)17(30)24-14-18(31)28-15(20(32)33)11(8-36-19(14)28)7-27-5-3-2-4-6-27/h2-6,9,14,19H,7-8,10H2,1H3,(H2-,23,24,25,29,30,32,33)/t14?,19-/m0/s1. The van der Waals surface area contributed by atoms with Crippen LogP contribution in [0.1, 0.15) is 5.69 Å². The van der Waals surface area contributed by atoms with E-state index in [-0.39, 0.29) is 39.1 Å². The zero-order valence-electron chi connectivity index (χ0n) is 19.1. The van der Waals surface area contributed by atoms with Crippen LogP contribution in [0.5, 0.6) is 0 Å². The Bertz CT molecular complexity index is 1290. The molecular weight excluding hydrogens is 564 g/mol. The lowest BCUT2D eigenvalue weighted by Gasteiger charge is -2.50. The van der Waals surface area contributed by atoms with Gasteiger partial charge in [-0.25, -0.2) is 9.55 Å². The predicted molar refractivity (Wildman–Crippen MR) is 137 cm³/mol. The molecule has 12 nitrogen and oxygen atoms in total. The number of amides is 3. The fourth-order valence-electron chi connectivity index (χ4n) is 3.66. The Morgan fingerprint density at radius 1 is 1.41 bits per heavy atom. The monoisotopic (exact) mass is 582 g/mol. The van der Waals surface area contributed by atoms with Crippen LogP contribution in [0.4, 0.5) is 5.13 Å². The molecule has 3 amide bonds. The number of aromatic nitrogens is 2. The Kier molecular flexibility index (Phi) is 8.68. The summed E-state index contributed by atoms with van der Waals surface area (Å²) in [6, 6.07) is 4.44. The second-order valence-corrected chi connectivity index (χ2v) is 11.0. The summed E-state index contributed by atoms with van der Waals surface area (Å²) in [4.78, 5) is 59.3. The van der Waals surface area contributed by atoms with E-state index in [0.29, 0.717) is 17.7 Å². The first-order valence-corrected chi connectivity index (χ1v) is 14.2. The van der Waals surface area contributed by atoms with Crippen LogP contribution in [-0.2, 0) is 30.6 Å². The third kappa shape index (κ3) is 5.74. The SMILES string of the molecule is CSCON=C(C(=O)NC1C(=O)N2C(C(=O)[O-])=C(C[n+]3ccccc3)CS[C@@H]12)c1nc(NC=O)sc1Cl. The van der Waals surface area contributed by atoms with Gasteiger partial charge in [-0.15, -0.1) is 23.5 Å². The number of fused-ring (bicyclic) bond motifs is 1. The number of thiazole rings is 1. The second kappa shape index (κ2) is 11.9. The van der Waals surface area contributed by atoms with Gasteiger partial charge in [-0.05, 0) is 6.26 Å². The molecule has 2 N–H and O–H groups in total. The number of carboxylic acids is 1. The average molecular weight is 583 g/mol. The number of pyridine rings is 1. The number of nitrogens with one attached hydrogen (secondary N) is 2. The van der Waals surface area contributed by atoms with Gasteiger partial charge in [0.15, 0.2) is 35.7 Å². The number of hydrogen-bond donors (Lipinski definition) is 2. The molecule has 2 atom stereocenters. The van der Waals surface area contributed by atoms with Crippen LogP contribution in [0, 0.1) is 0 Å². The molecule has 2 aromatic rings. The number of carbonyl (C=O) groups is 4. The minimum Gasteiger partial charge on any atom is -0.543 e. The van der Waals surface area contributed by atoms with Crippen LogP contribution in [0.25, 0.3) is 0 Å². The number of thioether (sulfide) groups is 2. The van der Waals surface area contributed by atoms with Gasteiger partial charge in [-0.3, -0.25) is 19.3 Å². The van der Waals surface area contributed by atoms with Gasteiger partial charge in [0.05, 0.1) is 11.7 Å². The van der Waals surface area contributed by atoms with E-state index in [2.05, 4.69) is 20.8 Å². The molecule has 1 saturated heterocycles. The van der Waals surface area contributed by atoms with Crippen LogP contribution in [0.2, 0.25) is 4.34 Å². The molecule has 0 aliphatic carbocycles. The van der Waals surface area contributed by atoms with E-state index < -0.39 is 29.2 Å².